The van der Waals surface area contributed by atoms with Gasteiger partial charge in [0.05, 0.1) is 4.92 Å². The lowest BCUT2D eigenvalue weighted by Gasteiger charge is -2.05. The van der Waals surface area contributed by atoms with Crippen molar-refractivity contribution in [3.8, 4) is 5.75 Å². The molecule has 1 aliphatic carbocycles. The highest BCUT2D eigenvalue weighted by Crippen LogP contribution is 2.59. The van der Waals surface area contributed by atoms with Crippen LogP contribution in [0, 0.1) is 15.5 Å². The molecule has 5 heteroatoms. The first kappa shape index (κ1) is 10.9. The number of non-ortho nitro benzene ring substituents is 1. The molecule has 1 aliphatic rings. The Morgan fingerprint density at radius 1 is 1.50 bits per heavy atom. The predicted molar refractivity (Wildman–Crippen MR) is 59.3 cm³/mol. The first-order valence-electron chi connectivity index (χ1n) is 5.08. The van der Waals surface area contributed by atoms with E-state index in [1.165, 1.54) is 18.2 Å². The third-order valence-electron chi connectivity index (χ3n) is 3.47. The van der Waals surface area contributed by atoms with Gasteiger partial charge in [-0.2, -0.15) is 0 Å². The van der Waals surface area contributed by atoms with Gasteiger partial charge in [-0.1, -0.05) is 13.8 Å². The summed E-state index contributed by atoms with van der Waals surface area (Å²) < 4.78 is 0. The number of nitro benzene ring substituents is 1. The summed E-state index contributed by atoms with van der Waals surface area (Å²) in [6, 6.07) is 4.00. The number of phenolic OH excluding ortho intramolecular Hbond substituents is 1. The topological polar surface area (TPSA) is 89.4 Å². The molecular formula is C11H14N2O3. The van der Waals surface area contributed by atoms with Crippen LogP contribution in [0.1, 0.15) is 25.3 Å². The number of nitro groups is 1. The van der Waals surface area contributed by atoms with Gasteiger partial charge in [0.2, 0.25) is 0 Å². The largest absolute Gasteiger partial charge is 0.508 e. The van der Waals surface area contributed by atoms with Gasteiger partial charge in [0, 0.05) is 29.7 Å². The summed E-state index contributed by atoms with van der Waals surface area (Å²) in [5.74, 6) is 0.0732. The molecule has 0 radical (unpaired) electrons. The molecule has 1 aromatic rings. The fourth-order valence-corrected chi connectivity index (χ4v) is 2.18. The van der Waals surface area contributed by atoms with E-state index >= 15 is 0 Å². The zero-order valence-corrected chi connectivity index (χ0v) is 9.18. The van der Waals surface area contributed by atoms with Gasteiger partial charge in [0.25, 0.3) is 5.69 Å². The van der Waals surface area contributed by atoms with Gasteiger partial charge < -0.3 is 10.8 Å². The minimum Gasteiger partial charge on any atom is -0.508 e. The molecule has 1 fully saturated rings. The van der Waals surface area contributed by atoms with Crippen LogP contribution in [-0.4, -0.2) is 16.1 Å². The number of nitrogens with two attached hydrogens (primary N) is 1. The number of benzene rings is 1. The average molecular weight is 222 g/mol. The van der Waals surface area contributed by atoms with E-state index in [0.717, 1.165) is 0 Å². The van der Waals surface area contributed by atoms with Crippen molar-refractivity contribution in [1.29, 1.82) is 0 Å². The number of nitrogens with zero attached hydrogens (tertiary/aromatic N) is 1. The second-order valence-electron chi connectivity index (χ2n) is 4.83. The number of aromatic hydroxyl groups is 1. The lowest BCUT2D eigenvalue weighted by Crippen LogP contribution is -2.06. The van der Waals surface area contributed by atoms with Gasteiger partial charge in [0.15, 0.2) is 0 Å². The summed E-state index contributed by atoms with van der Waals surface area (Å²) in [5.41, 5.74) is 6.35. The van der Waals surface area contributed by atoms with Crippen molar-refractivity contribution >= 4 is 5.69 Å². The Morgan fingerprint density at radius 2 is 2.06 bits per heavy atom. The number of hydrogen-bond acceptors (Lipinski definition) is 4. The minimum atomic E-state index is -0.468. The Hall–Kier alpha value is -1.62. The summed E-state index contributed by atoms with van der Waals surface area (Å²) in [6.07, 6.45) is 0. The molecule has 1 aromatic carbocycles. The molecule has 0 spiro atoms. The highest BCUT2D eigenvalue weighted by molar-refractivity contribution is 5.49. The number of phenols is 1. The van der Waals surface area contributed by atoms with Crippen molar-refractivity contribution in [3.63, 3.8) is 0 Å². The fraction of sp³-hybridized carbons (Fsp3) is 0.455. The molecule has 2 atom stereocenters. The lowest BCUT2D eigenvalue weighted by atomic mass is 10.0. The molecule has 0 amide bonds. The Balaban J connectivity index is 2.42. The zero-order chi connectivity index (χ0) is 12.1. The van der Waals surface area contributed by atoms with E-state index in [1.54, 1.807) is 0 Å². The highest BCUT2D eigenvalue weighted by atomic mass is 16.6. The number of hydrogen-bond donors (Lipinski definition) is 2. The molecule has 0 aliphatic heterocycles. The van der Waals surface area contributed by atoms with Gasteiger partial charge >= 0.3 is 0 Å². The summed E-state index contributed by atoms with van der Waals surface area (Å²) >= 11 is 0. The molecule has 0 bridgehead atoms. The Morgan fingerprint density at radius 3 is 2.50 bits per heavy atom. The van der Waals surface area contributed by atoms with E-state index in [2.05, 4.69) is 0 Å². The van der Waals surface area contributed by atoms with Crippen LogP contribution in [0.3, 0.4) is 0 Å². The molecule has 16 heavy (non-hydrogen) atoms. The third-order valence-corrected chi connectivity index (χ3v) is 3.47. The Labute approximate surface area is 93.0 Å². The predicted octanol–water partition coefficient (Wildman–Crippen LogP) is 1.75. The van der Waals surface area contributed by atoms with Crippen LogP contribution in [-0.2, 0) is 0 Å². The summed E-state index contributed by atoms with van der Waals surface area (Å²) in [7, 11) is 0. The number of rotatable bonds is 2. The molecule has 0 aromatic heterocycles. The van der Waals surface area contributed by atoms with Crippen molar-refractivity contribution in [3.05, 3.63) is 33.9 Å². The molecule has 5 nitrogen and oxygen atoms in total. The highest BCUT2D eigenvalue weighted by Gasteiger charge is 2.57. The molecular weight excluding hydrogens is 208 g/mol. The van der Waals surface area contributed by atoms with Crippen LogP contribution in [0.15, 0.2) is 18.2 Å². The van der Waals surface area contributed by atoms with Crippen molar-refractivity contribution in [2.24, 2.45) is 11.1 Å². The molecule has 0 unspecified atom stereocenters. The first-order chi connectivity index (χ1) is 7.35. The van der Waals surface area contributed by atoms with Crippen LogP contribution in [0.5, 0.6) is 5.75 Å². The van der Waals surface area contributed by atoms with Gasteiger partial charge in [-0.25, -0.2) is 0 Å². The normalized spacial score (nSPS) is 26.4. The van der Waals surface area contributed by atoms with Crippen molar-refractivity contribution in [1.82, 2.24) is 0 Å². The van der Waals surface area contributed by atoms with Crippen molar-refractivity contribution < 1.29 is 10.0 Å². The van der Waals surface area contributed by atoms with Crippen LogP contribution in [0.2, 0.25) is 0 Å². The van der Waals surface area contributed by atoms with Crippen LogP contribution < -0.4 is 5.73 Å². The quantitative estimate of drug-likeness (QED) is 0.589. The maximum absolute atomic E-state index is 10.6. The fourth-order valence-electron chi connectivity index (χ4n) is 2.18. The van der Waals surface area contributed by atoms with Crippen LogP contribution in [0.4, 0.5) is 5.69 Å². The Kier molecular flexibility index (Phi) is 2.17. The monoisotopic (exact) mass is 222 g/mol. The van der Waals surface area contributed by atoms with Crippen molar-refractivity contribution in [2.45, 2.75) is 25.8 Å². The minimum absolute atomic E-state index is 0.00704. The summed E-state index contributed by atoms with van der Waals surface area (Å²) in [6.45, 7) is 3.97. The van der Waals surface area contributed by atoms with Crippen molar-refractivity contribution in [2.75, 3.05) is 0 Å². The summed E-state index contributed by atoms with van der Waals surface area (Å²) in [5, 5.41) is 20.3. The first-order valence-corrected chi connectivity index (χ1v) is 5.08. The Bertz CT molecular complexity index is 457. The smallest absolute Gasteiger partial charge is 0.269 e. The molecule has 1 saturated carbocycles. The van der Waals surface area contributed by atoms with Gasteiger partial charge in [-0.05, 0) is 11.5 Å². The van der Waals surface area contributed by atoms with E-state index in [4.69, 9.17) is 5.73 Å². The van der Waals surface area contributed by atoms with Gasteiger partial charge in [-0.15, -0.1) is 0 Å². The second kappa shape index (κ2) is 3.18. The maximum Gasteiger partial charge on any atom is 0.269 e. The standard InChI is InChI=1S/C11H14N2O3/c1-11(2)9(10(11)12)7-5-6(13(15)16)3-4-8(7)14/h3-5,9-10,14H,12H2,1-2H3/t9-,10-/m0/s1. The molecule has 2 rings (SSSR count). The van der Waals surface area contributed by atoms with E-state index < -0.39 is 4.92 Å². The van der Waals surface area contributed by atoms with Gasteiger partial charge in [-0.3, -0.25) is 10.1 Å². The van der Waals surface area contributed by atoms with E-state index in [1.807, 2.05) is 13.8 Å². The SMILES string of the molecule is CC1(C)[C@@H](N)[C@@H]1c1cc([N+](=O)[O-])ccc1O. The molecule has 3 N–H and O–H groups in total. The average Bonchev–Trinajstić information content (AvgIpc) is 2.67. The molecule has 0 heterocycles. The van der Waals surface area contributed by atoms with E-state index in [0.29, 0.717) is 5.56 Å². The zero-order valence-electron chi connectivity index (χ0n) is 9.18. The third kappa shape index (κ3) is 1.44. The maximum atomic E-state index is 10.6. The van der Waals surface area contributed by atoms with Crippen LogP contribution >= 0.6 is 0 Å². The second-order valence-corrected chi connectivity index (χ2v) is 4.83. The lowest BCUT2D eigenvalue weighted by molar-refractivity contribution is -0.384. The summed E-state index contributed by atoms with van der Waals surface area (Å²) in [4.78, 5) is 10.2. The van der Waals surface area contributed by atoms with Crippen LogP contribution in [0.25, 0.3) is 0 Å². The van der Waals surface area contributed by atoms with Gasteiger partial charge in [0.1, 0.15) is 5.75 Å². The van der Waals surface area contributed by atoms with E-state index in [-0.39, 0.29) is 28.8 Å². The molecule has 86 valence electrons. The molecule has 0 saturated heterocycles. The van der Waals surface area contributed by atoms with E-state index in [9.17, 15) is 15.2 Å².